The average Bonchev–Trinajstić information content (AvgIpc) is 2.48. The van der Waals surface area contributed by atoms with E-state index in [-0.39, 0.29) is 5.91 Å². The fourth-order valence-electron chi connectivity index (χ4n) is 2.59. The molecular formula is C15H23N3O2. The first kappa shape index (κ1) is 15.0. The van der Waals surface area contributed by atoms with Gasteiger partial charge < -0.3 is 9.64 Å². The number of hydrazine groups is 1. The Hall–Kier alpha value is -1.43. The minimum atomic E-state index is -0.257. The predicted molar refractivity (Wildman–Crippen MR) is 78.0 cm³/mol. The van der Waals surface area contributed by atoms with Gasteiger partial charge in [0.2, 0.25) is 0 Å². The van der Waals surface area contributed by atoms with Crippen LogP contribution in [0.1, 0.15) is 28.8 Å². The van der Waals surface area contributed by atoms with Gasteiger partial charge in [0.1, 0.15) is 0 Å². The molecule has 1 aliphatic rings. The van der Waals surface area contributed by atoms with Gasteiger partial charge in [0.05, 0.1) is 0 Å². The van der Waals surface area contributed by atoms with Gasteiger partial charge in [-0.15, -0.1) is 0 Å². The summed E-state index contributed by atoms with van der Waals surface area (Å²) in [6.07, 6.45) is 2.31. The number of nitrogens with zero attached hydrogens (tertiary/aromatic N) is 1. The summed E-state index contributed by atoms with van der Waals surface area (Å²) in [6.45, 7) is 3.76. The molecule has 0 bridgehead atoms. The number of ether oxygens (including phenoxy) is 1. The van der Waals surface area contributed by atoms with Crippen molar-refractivity contribution in [3.63, 3.8) is 0 Å². The van der Waals surface area contributed by atoms with Crippen LogP contribution in [0.4, 0.5) is 0 Å². The number of rotatable bonds is 5. The second-order valence-electron chi connectivity index (χ2n) is 5.42. The molecule has 0 aliphatic carbocycles. The summed E-state index contributed by atoms with van der Waals surface area (Å²) >= 11 is 0. The molecule has 1 amide bonds. The van der Waals surface area contributed by atoms with Crippen LogP contribution in [-0.4, -0.2) is 37.6 Å². The Morgan fingerprint density at radius 1 is 1.35 bits per heavy atom. The molecule has 3 N–H and O–H groups in total. The van der Waals surface area contributed by atoms with Gasteiger partial charge in [-0.05, 0) is 43.5 Å². The van der Waals surface area contributed by atoms with Crippen LogP contribution in [-0.2, 0) is 11.3 Å². The molecule has 5 heteroatoms. The molecule has 1 fully saturated rings. The largest absolute Gasteiger partial charge is 0.381 e. The molecule has 2 rings (SSSR count). The van der Waals surface area contributed by atoms with Crippen molar-refractivity contribution in [2.45, 2.75) is 19.4 Å². The average molecular weight is 277 g/mol. The number of nitrogen functional groups attached to an aromatic ring is 1. The number of hydrogen-bond donors (Lipinski definition) is 2. The first-order valence-electron chi connectivity index (χ1n) is 7.05. The highest BCUT2D eigenvalue weighted by Crippen LogP contribution is 2.16. The van der Waals surface area contributed by atoms with Crippen LogP contribution in [0, 0.1) is 5.92 Å². The summed E-state index contributed by atoms with van der Waals surface area (Å²) in [5, 5.41) is 0. The maximum atomic E-state index is 11.4. The van der Waals surface area contributed by atoms with E-state index in [0.29, 0.717) is 5.56 Å². The Balaban J connectivity index is 1.84. The zero-order chi connectivity index (χ0) is 14.4. The monoisotopic (exact) mass is 277 g/mol. The molecule has 1 aliphatic heterocycles. The fraction of sp³-hybridized carbons (Fsp3) is 0.533. The van der Waals surface area contributed by atoms with Gasteiger partial charge in [-0.25, -0.2) is 5.84 Å². The molecule has 20 heavy (non-hydrogen) atoms. The Kier molecular flexibility index (Phi) is 5.52. The van der Waals surface area contributed by atoms with E-state index in [0.717, 1.165) is 45.1 Å². The molecule has 0 radical (unpaired) electrons. The lowest BCUT2D eigenvalue weighted by atomic mass is 9.99. The smallest absolute Gasteiger partial charge is 0.265 e. The lowest BCUT2D eigenvalue weighted by Crippen LogP contribution is -2.30. The second-order valence-corrected chi connectivity index (χ2v) is 5.42. The van der Waals surface area contributed by atoms with Crippen LogP contribution in [0.5, 0.6) is 0 Å². The molecule has 0 atom stereocenters. The standard InChI is InChI=1S/C15H23N3O2/c1-18(11-13-6-8-20-9-7-13)10-12-2-4-14(5-3-12)15(19)17-16/h2-5,13H,6-11,16H2,1H3,(H,17,19). The van der Waals surface area contributed by atoms with Crippen molar-refractivity contribution in [2.24, 2.45) is 11.8 Å². The van der Waals surface area contributed by atoms with Gasteiger partial charge in [0.25, 0.3) is 5.91 Å². The van der Waals surface area contributed by atoms with E-state index in [1.54, 1.807) is 12.1 Å². The Morgan fingerprint density at radius 3 is 2.60 bits per heavy atom. The van der Waals surface area contributed by atoms with Gasteiger partial charge in [-0.3, -0.25) is 10.2 Å². The summed E-state index contributed by atoms with van der Waals surface area (Å²) in [7, 11) is 2.13. The molecule has 110 valence electrons. The molecule has 1 aromatic carbocycles. The molecule has 1 heterocycles. The van der Waals surface area contributed by atoms with Crippen LogP contribution in [0.2, 0.25) is 0 Å². The highest BCUT2D eigenvalue weighted by Gasteiger charge is 2.15. The van der Waals surface area contributed by atoms with Crippen molar-refractivity contribution in [3.8, 4) is 0 Å². The number of carbonyl (C=O) groups is 1. The van der Waals surface area contributed by atoms with E-state index in [4.69, 9.17) is 10.6 Å². The topological polar surface area (TPSA) is 67.6 Å². The number of nitrogens with two attached hydrogens (primary N) is 1. The Morgan fingerprint density at radius 2 is 2.00 bits per heavy atom. The predicted octanol–water partition coefficient (Wildman–Crippen LogP) is 1.15. The summed E-state index contributed by atoms with van der Waals surface area (Å²) in [6, 6.07) is 7.57. The third-order valence-corrected chi connectivity index (χ3v) is 3.71. The Labute approximate surface area is 120 Å². The molecule has 0 aromatic heterocycles. The van der Waals surface area contributed by atoms with Gasteiger partial charge in [-0.2, -0.15) is 0 Å². The maximum Gasteiger partial charge on any atom is 0.265 e. The molecule has 1 aromatic rings. The van der Waals surface area contributed by atoms with Gasteiger partial charge in [0, 0.05) is 31.9 Å². The zero-order valence-corrected chi connectivity index (χ0v) is 12.0. The van der Waals surface area contributed by atoms with E-state index in [1.165, 1.54) is 5.56 Å². The van der Waals surface area contributed by atoms with Crippen molar-refractivity contribution in [1.82, 2.24) is 10.3 Å². The van der Waals surface area contributed by atoms with Crippen molar-refractivity contribution in [2.75, 3.05) is 26.8 Å². The highest BCUT2D eigenvalue weighted by molar-refractivity contribution is 5.93. The van der Waals surface area contributed by atoms with E-state index in [1.807, 2.05) is 12.1 Å². The van der Waals surface area contributed by atoms with Crippen LogP contribution >= 0.6 is 0 Å². The second kappa shape index (κ2) is 7.38. The Bertz CT molecular complexity index is 427. The fourth-order valence-corrected chi connectivity index (χ4v) is 2.59. The number of hydrogen-bond acceptors (Lipinski definition) is 4. The SMILES string of the molecule is CN(Cc1ccc(C(=O)NN)cc1)CC1CCOCC1. The lowest BCUT2D eigenvalue weighted by molar-refractivity contribution is 0.0549. The minimum absolute atomic E-state index is 0.257. The normalized spacial score (nSPS) is 16.4. The third kappa shape index (κ3) is 4.30. The maximum absolute atomic E-state index is 11.4. The molecule has 0 unspecified atom stereocenters. The molecule has 0 spiro atoms. The van der Waals surface area contributed by atoms with E-state index < -0.39 is 0 Å². The van der Waals surface area contributed by atoms with Gasteiger partial charge in [-0.1, -0.05) is 12.1 Å². The summed E-state index contributed by atoms with van der Waals surface area (Å²) in [5.41, 5.74) is 3.92. The summed E-state index contributed by atoms with van der Waals surface area (Å²) in [4.78, 5) is 13.7. The first-order chi connectivity index (χ1) is 9.69. The number of nitrogens with one attached hydrogen (secondary N) is 1. The van der Waals surface area contributed by atoms with Crippen molar-refractivity contribution < 1.29 is 9.53 Å². The summed E-state index contributed by atoms with van der Waals surface area (Å²) in [5.74, 6) is 5.58. The van der Waals surface area contributed by atoms with Crippen LogP contribution in [0.15, 0.2) is 24.3 Å². The van der Waals surface area contributed by atoms with Gasteiger partial charge >= 0.3 is 0 Å². The van der Waals surface area contributed by atoms with E-state index in [9.17, 15) is 4.79 Å². The first-order valence-corrected chi connectivity index (χ1v) is 7.05. The zero-order valence-electron chi connectivity index (χ0n) is 12.0. The van der Waals surface area contributed by atoms with Crippen LogP contribution in [0.3, 0.4) is 0 Å². The van der Waals surface area contributed by atoms with Crippen molar-refractivity contribution in [3.05, 3.63) is 35.4 Å². The number of benzene rings is 1. The number of carbonyl (C=O) groups excluding carboxylic acids is 1. The van der Waals surface area contributed by atoms with Crippen LogP contribution in [0.25, 0.3) is 0 Å². The molecular weight excluding hydrogens is 254 g/mol. The van der Waals surface area contributed by atoms with Crippen molar-refractivity contribution >= 4 is 5.91 Å². The van der Waals surface area contributed by atoms with E-state index in [2.05, 4.69) is 17.4 Å². The quantitative estimate of drug-likeness (QED) is 0.481. The van der Waals surface area contributed by atoms with Crippen molar-refractivity contribution in [1.29, 1.82) is 0 Å². The lowest BCUT2D eigenvalue weighted by Gasteiger charge is -2.27. The highest BCUT2D eigenvalue weighted by atomic mass is 16.5. The molecule has 0 saturated carbocycles. The van der Waals surface area contributed by atoms with E-state index >= 15 is 0 Å². The van der Waals surface area contributed by atoms with Gasteiger partial charge in [0.15, 0.2) is 0 Å². The third-order valence-electron chi connectivity index (χ3n) is 3.71. The molecule has 1 saturated heterocycles. The van der Waals surface area contributed by atoms with Crippen LogP contribution < -0.4 is 11.3 Å². The molecule has 5 nitrogen and oxygen atoms in total. The summed E-state index contributed by atoms with van der Waals surface area (Å²) < 4.78 is 5.38. The number of amides is 1. The minimum Gasteiger partial charge on any atom is -0.381 e.